The van der Waals surface area contributed by atoms with E-state index in [1.165, 1.54) is 16.0 Å². The molecular weight excluding hydrogens is 502 g/mol. The van der Waals surface area contributed by atoms with E-state index in [0.717, 1.165) is 69.7 Å². The first-order valence-electron chi connectivity index (χ1n) is 13.2. The molecule has 3 heterocycles. The van der Waals surface area contributed by atoms with Gasteiger partial charge in [0.15, 0.2) is 0 Å². The molecule has 0 bridgehead atoms. The summed E-state index contributed by atoms with van der Waals surface area (Å²) in [5, 5.41) is 0. The summed E-state index contributed by atoms with van der Waals surface area (Å²) in [4.78, 5) is 32.6. The van der Waals surface area contributed by atoms with Crippen molar-refractivity contribution in [3.8, 4) is 11.1 Å². The van der Waals surface area contributed by atoms with Crippen LogP contribution in [0.5, 0.6) is 0 Å². The number of para-hydroxylation sites is 1. The summed E-state index contributed by atoms with van der Waals surface area (Å²) in [6, 6.07) is 15.8. The van der Waals surface area contributed by atoms with Crippen LogP contribution in [-0.2, 0) is 14.9 Å². The first-order valence-corrected chi connectivity index (χ1v) is 14.4. The number of fused-ring (bicyclic) bond motifs is 2. The number of amides is 2. The second-order valence-electron chi connectivity index (χ2n) is 10.3. The maximum atomic E-state index is 12.8. The van der Waals surface area contributed by atoms with Crippen molar-refractivity contribution in [2.24, 2.45) is 0 Å². The van der Waals surface area contributed by atoms with Gasteiger partial charge in [-0.1, -0.05) is 30.3 Å². The molecular formula is C29H41N3O5S. The van der Waals surface area contributed by atoms with Crippen LogP contribution in [0.4, 0.5) is 10.5 Å². The van der Waals surface area contributed by atoms with Crippen molar-refractivity contribution >= 4 is 29.4 Å². The molecule has 0 saturated carbocycles. The highest BCUT2D eigenvalue weighted by Crippen LogP contribution is 2.51. The number of hydrogen-bond donors (Lipinski definition) is 0. The van der Waals surface area contributed by atoms with E-state index in [1.807, 2.05) is 16.7 Å². The van der Waals surface area contributed by atoms with Gasteiger partial charge in [0.1, 0.15) is 0 Å². The lowest BCUT2D eigenvalue weighted by molar-refractivity contribution is -0.116. The Morgan fingerprint density at radius 3 is 2.24 bits per heavy atom. The van der Waals surface area contributed by atoms with Gasteiger partial charge in [0.2, 0.25) is 5.91 Å². The molecule has 2 saturated heterocycles. The Labute approximate surface area is 229 Å². The van der Waals surface area contributed by atoms with Gasteiger partial charge in [0.05, 0.1) is 12.3 Å². The molecule has 0 unspecified atom stereocenters. The number of carbonyl (C=O) groups excluding carboxylic acids is 2. The molecule has 1 spiro atoms. The minimum absolute atomic E-state index is 0. The van der Waals surface area contributed by atoms with Crippen molar-refractivity contribution in [3.05, 3.63) is 48.0 Å². The Balaban J connectivity index is 0.00000200. The molecule has 2 aromatic carbocycles. The molecule has 2 fully saturated rings. The van der Waals surface area contributed by atoms with Gasteiger partial charge in [-0.05, 0) is 75.2 Å². The lowest BCUT2D eigenvalue weighted by Crippen LogP contribution is -2.52. The highest BCUT2D eigenvalue weighted by molar-refractivity contribution is 7.98. The number of nitrogens with zero attached hydrogens (tertiary/aromatic N) is 3. The number of rotatable bonds is 4. The average Bonchev–Trinajstić information content (AvgIpc) is 3.24. The Kier molecular flexibility index (Phi) is 9.86. The number of anilines is 1. The third-order valence-electron chi connectivity index (χ3n) is 8.38. The Morgan fingerprint density at radius 2 is 1.66 bits per heavy atom. The van der Waals surface area contributed by atoms with Gasteiger partial charge >= 0.3 is 6.09 Å². The Hall–Kier alpha value is -2.59. The van der Waals surface area contributed by atoms with Crippen molar-refractivity contribution in [2.45, 2.75) is 55.9 Å². The van der Waals surface area contributed by atoms with E-state index in [4.69, 9.17) is 4.74 Å². The lowest BCUT2D eigenvalue weighted by atomic mass is 9.73. The zero-order valence-corrected chi connectivity index (χ0v) is 23.5. The van der Waals surface area contributed by atoms with E-state index < -0.39 is 0 Å². The van der Waals surface area contributed by atoms with Crippen molar-refractivity contribution in [2.75, 3.05) is 50.5 Å². The second kappa shape index (κ2) is 12.5. The first-order chi connectivity index (χ1) is 17.5. The minimum atomic E-state index is -0.181. The Morgan fingerprint density at radius 1 is 1.00 bits per heavy atom. The zero-order valence-electron chi connectivity index (χ0n) is 22.7. The number of benzene rings is 2. The molecule has 2 amide bonds. The molecule has 3 aliphatic heterocycles. The third-order valence-corrected chi connectivity index (χ3v) is 9.12. The standard InChI is InChI=1S/C29H37N3O3S.2H2O/c1-4-35-28(34)31-16-12-23(13-17-31)30-18-14-29(15-19-30)20-32(21(2)33)27-25(6-5-7-26(27)29)22-8-10-24(36-3)11-9-22;;/h5-11,23H,4,12-20H2,1-3H3;2*1H2. The molecule has 38 heavy (non-hydrogen) atoms. The average molecular weight is 544 g/mol. The van der Waals surface area contributed by atoms with Crippen molar-refractivity contribution < 1.29 is 25.3 Å². The zero-order chi connectivity index (χ0) is 25.3. The maximum absolute atomic E-state index is 12.8. The molecule has 0 aromatic heterocycles. The van der Waals surface area contributed by atoms with Crippen LogP contribution in [0.15, 0.2) is 47.4 Å². The highest BCUT2D eigenvalue weighted by atomic mass is 32.2. The van der Waals surface area contributed by atoms with Crippen LogP contribution in [-0.4, -0.2) is 84.4 Å². The molecule has 0 atom stereocenters. The van der Waals surface area contributed by atoms with E-state index in [2.05, 4.69) is 53.6 Å². The molecule has 4 N–H and O–H groups in total. The van der Waals surface area contributed by atoms with Crippen LogP contribution >= 0.6 is 11.8 Å². The summed E-state index contributed by atoms with van der Waals surface area (Å²) in [6.45, 7) is 8.35. The fourth-order valence-corrected chi connectivity index (χ4v) is 6.78. The molecule has 208 valence electrons. The predicted molar refractivity (Wildman–Crippen MR) is 153 cm³/mol. The van der Waals surface area contributed by atoms with Gasteiger partial charge in [0.25, 0.3) is 0 Å². The largest absolute Gasteiger partial charge is 0.450 e. The fourth-order valence-electron chi connectivity index (χ4n) is 6.37. The third kappa shape index (κ3) is 5.57. The number of carbonyl (C=O) groups is 2. The number of hydrogen-bond acceptors (Lipinski definition) is 5. The maximum Gasteiger partial charge on any atom is 0.409 e. The van der Waals surface area contributed by atoms with Gasteiger partial charge < -0.3 is 30.4 Å². The number of piperidine rings is 2. The van der Waals surface area contributed by atoms with E-state index in [-0.39, 0.29) is 28.4 Å². The van der Waals surface area contributed by atoms with Crippen LogP contribution < -0.4 is 4.90 Å². The molecule has 5 rings (SSSR count). The smallest absolute Gasteiger partial charge is 0.409 e. The lowest BCUT2D eigenvalue weighted by Gasteiger charge is -2.45. The van der Waals surface area contributed by atoms with Crippen LogP contribution in [0.25, 0.3) is 11.1 Å². The van der Waals surface area contributed by atoms with Crippen molar-refractivity contribution in [1.29, 1.82) is 0 Å². The number of ether oxygens (including phenoxy) is 1. The van der Waals surface area contributed by atoms with Crippen LogP contribution in [0, 0.1) is 0 Å². The van der Waals surface area contributed by atoms with Crippen LogP contribution in [0.2, 0.25) is 0 Å². The Bertz CT molecular complexity index is 1110. The fraction of sp³-hybridized carbons (Fsp3) is 0.517. The first kappa shape index (κ1) is 30.0. The summed E-state index contributed by atoms with van der Waals surface area (Å²) in [5.74, 6) is 0.120. The van der Waals surface area contributed by atoms with Crippen LogP contribution in [0.3, 0.4) is 0 Å². The van der Waals surface area contributed by atoms with Gasteiger partial charge in [-0.2, -0.15) is 0 Å². The van der Waals surface area contributed by atoms with Gasteiger partial charge in [0, 0.05) is 48.5 Å². The topological polar surface area (TPSA) is 116 Å². The predicted octanol–water partition coefficient (Wildman–Crippen LogP) is 3.75. The monoisotopic (exact) mass is 543 g/mol. The van der Waals surface area contributed by atoms with E-state index in [9.17, 15) is 9.59 Å². The van der Waals surface area contributed by atoms with Crippen molar-refractivity contribution in [3.63, 3.8) is 0 Å². The van der Waals surface area contributed by atoms with Crippen LogP contribution in [0.1, 0.15) is 45.1 Å². The van der Waals surface area contributed by atoms with Gasteiger partial charge in [-0.3, -0.25) is 4.79 Å². The summed E-state index contributed by atoms with van der Waals surface area (Å²) in [6.07, 6.45) is 6.01. The quantitative estimate of drug-likeness (QED) is 0.545. The normalized spacial score (nSPS) is 18.9. The second-order valence-corrected chi connectivity index (χ2v) is 11.1. The summed E-state index contributed by atoms with van der Waals surface area (Å²) < 4.78 is 5.18. The van der Waals surface area contributed by atoms with Crippen molar-refractivity contribution in [1.82, 2.24) is 9.80 Å². The molecule has 2 aromatic rings. The highest BCUT2D eigenvalue weighted by Gasteiger charge is 2.47. The van der Waals surface area contributed by atoms with E-state index in [1.54, 1.807) is 18.7 Å². The molecule has 3 aliphatic rings. The van der Waals surface area contributed by atoms with Gasteiger partial charge in [-0.25, -0.2) is 4.79 Å². The minimum Gasteiger partial charge on any atom is -0.450 e. The summed E-state index contributed by atoms with van der Waals surface area (Å²) in [5.41, 5.74) is 4.78. The molecule has 0 radical (unpaired) electrons. The summed E-state index contributed by atoms with van der Waals surface area (Å²) in [7, 11) is 0. The SMILES string of the molecule is CCOC(=O)N1CCC(N2CCC3(CC2)CN(C(C)=O)c2c(-c4ccc(SC)cc4)cccc23)CC1.O.O. The molecule has 0 aliphatic carbocycles. The van der Waals surface area contributed by atoms with E-state index >= 15 is 0 Å². The number of likely N-dealkylation sites (tertiary alicyclic amines) is 2. The summed E-state index contributed by atoms with van der Waals surface area (Å²) >= 11 is 1.74. The number of thioether (sulfide) groups is 1. The van der Waals surface area contributed by atoms with E-state index in [0.29, 0.717) is 12.6 Å². The molecule has 9 heteroatoms. The molecule has 8 nitrogen and oxygen atoms in total. The van der Waals surface area contributed by atoms with Gasteiger partial charge in [-0.15, -0.1) is 11.8 Å².